The van der Waals surface area contributed by atoms with Crippen molar-refractivity contribution in [1.82, 2.24) is 10.2 Å². The predicted octanol–water partition coefficient (Wildman–Crippen LogP) is 3.27. The van der Waals surface area contributed by atoms with Gasteiger partial charge in [0.15, 0.2) is 0 Å². The van der Waals surface area contributed by atoms with Crippen LogP contribution < -0.4 is 15.4 Å². The van der Waals surface area contributed by atoms with Gasteiger partial charge in [-0.25, -0.2) is 0 Å². The van der Waals surface area contributed by atoms with E-state index in [0.29, 0.717) is 35.4 Å². The molecule has 7 nitrogen and oxygen atoms in total. The maximum atomic E-state index is 12.7. The lowest BCUT2D eigenvalue weighted by Gasteiger charge is -2.25. The van der Waals surface area contributed by atoms with Crippen molar-refractivity contribution in [2.75, 3.05) is 51.3 Å². The standard InChI is InChI=1S/C22H27ClN4O3/c1-2-30-20-6-4-3-5-19(20)25-22(24-11-12-27-13-15-29-16-14-27)26-21(28)17-7-9-18(23)10-8-17/h3-10H,2,11-16H2,1H3,(H2,24,25,26,28). The Morgan fingerprint density at radius 2 is 1.90 bits per heavy atom. The first kappa shape index (κ1) is 22.1. The smallest absolute Gasteiger partial charge is 0.257 e. The lowest BCUT2D eigenvalue weighted by atomic mass is 10.2. The van der Waals surface area contributed by atoms with Crippen LogP contribution in [0.3, 0.4) is 0 Å². The number of nitrogens with zero attached hydrogens (tertiary/aromatic N) is 2. The molecule has 8 heteroatoms. The second-order valence-electron chi connectivity index (χ2n) is 6.70. The van der Waals surface area contributed by atoms with Gasteiger partial charge >= 0.3 is 0 Å². The first-order valence-electron chi connectivity index (χ1n) is 10.1. The summed E-state index contributed by atoms with van der Waals surface area (Å²) in [4.78, 5) is 19.6. The van der Waals surface area contributed by atoms with E-state index in [2.05, 4.69) is 20.5 Å². The molecule has 2 aromatic carbocycles. The molecule has 30 heavy (non-hydrogen) atoms. The number of guanidine groups is 1. The van der Waals surface area contributed by atoms with E-state index in [1.165, 1.54) is 0 Å². The highest BCUT2D eigenvalue weighted by Crippen LogP contribution is 2.23. The van der Waals surface area contributed by atoms with E-state index in [4.69, 9.17) is 21.1 Å². The predicted molar refractivity (Wildman–Crippen MR) is 120 cm³/mol. The number of hydrogen-bond acceptors (Lipinski definition) is 5. The Labute approximate surface area is 182 Å². The second-order valence-corrected chi connectivity index (χ2v) is 7.14. The molecule has 1 heterocycles. The van der Waals surface area contributed by atoms with E-state index in [1.54, 1.807) is 24.3 Å². The van der Waals surface area contributed by atoms with Crippen molar-refractivity contribution in [2.24, 2.45) is 4.99 Å². The van der Waals surface area contributed by atoms with Gasteiger partial charge in [0.2, 0.25) is 5.96 Å². The summed E-state index contributed by atoms with van der Waals surface area (Å²) < 4.78 is 11.1. The lowest BCUT2D eigenvalue weighted by Crippen LogP contribution is -2.39. The molecule has 160 valence electrons. The summed E-state index contributed by atoms with van der Waals surface area (Å²) in [5.74, 6) is 0.801. The fourth-order valence-electron chi connectivity index (χ4n) is 3.00. The van der Waals surface area contributed by atoms with Crippen LogP contribution in [0, 0.1) is 0 Å². The van der Waals surface area contributed by atoms with Crippen LogP contribution in [-0.2, 0) is 4.74 Å². The molecule has 1 saturated heterocycles. The number of carbonyl (C=O) groups is 1. The zero-order chi connectivity index (χ0) is 21.2. The summed E-state index contributed by atoms with van der Waals surface area (Å²) in [6.45, 7) is 7.06. The number of amides is 1. The van der Waals surface area contributed by atoms with Crippen molar-refractivity contribution in [3.05, 3.63) is 59.1 Å². The number of rotatable bonds is 7. The number of halogens is 1. The average Bonchev–Trinajstić information content (AvgIpc) is 2.76. The molecular formula is C22H27ClN4O3. The molecule has 1 aliphatic rings. The SMILES string of the molecule is CCOc1ccccc1NC(=NCCN1CCOCC1)NC(=O)c1ccc(Cl)cc1. The van der Waals surface area contributed by atoms with Gasteiger partial charge in [-0.2, -0.15) is 0 Å². The largest absolute Gasteiger partial charge is 0.492 e. The van der Waals surface area contributed by atoms with Gasteiger partial charge < -0.3 is 14.8 Å². The summed E-state index contributed by atoms with van der Waals surface area (Å²) in [6.07, 6.45) is 0. The average molecular weight is 431 g/mol. The van der Waals surface area contributed by atoms with Gasteiger partial charge in [-0.05, 0) is 43.3 Å². The van der Waals surface area contributed by atoms with Crippen molar-refractivity contribution < 1.29 is 14.3 Å². The molecule has 0 bridgehead atoms. The summed E-state index contributed by atoms with van der Waals surface area (Å²) >= 11 is 5.92. The highest BCUT2D eigenvalue weighted by atomic mass is 35.5. The normalized spacial score (nSPS) is 14.9. The summed E-state index contributed by atoms with van der Waals surface area (Å²) in [6, 6.07) is 14.3. The molecule has 2 N–H and O–H groups in total. The molecule has 1 fully saturated rings. The van der Waals surface area contributed by atoms with Crippen molar-refractivity contribution >= 4 is 29.2 Å². The van der Waals surface area contributed by atoms with E-state index in [1.807, 2.05) is 31.2 Å². The van der Waals surface area contributed by atoms with Crippen LogP contribution in [0.15, 0.2) is 53.5 Å². The Morgan fingerprint density at radius 3 is 2.63 bits per heavy atom. The van der Waals surface area contributed by atoms with Crippen LogP contribution >= 0.6 is 11.6 Å². The molecule has 0 saturated carbocycles. The number of para-hydroxylation sites is 2. The number of ether oxygens (including phenoxy) is 2. The van der Waals surface area contributed by atoms with Gasteiger partial charge in [-0.1, -0.05) is 23.7 Å². The van der Waals surface area contributed by atoms with Gasteiger partial charge in [0.1, 0.15) is 5.75 Å². The van der Waals surface area contributed by atoms with Crippen molar-refractivity contribution in [3.63, 3.8) is 0 Å². The van der Waals surface area contributed by atoms with Crippen molar-refractivity contribution in [2.45, 2.75) is 6.92 Å². The molecule has 0 spiro atoms. The van der Waals surface area contributed by atoms with Gasteiger partial charge in [-0.15, -0.1) is 0 Å². The minimum Gasteiger partial charge on any atom is -0.492 e. The number of benzene rings is 2. The summed E-state index contributed by atoms with van der Waals surface area (Å²) in [5, 5.41) is 6.65. The van der Waals surface area contributed by atoms with E-state index in [9.17, 15) is 4.79 Å². The van der Waals surface area contributed by atoms with E-state index in [0.717, 1.165) is 38.5 Å². The molecule has 0 radical (unpaired) electrons. The molecule has 2 aromatic rings. The van der Waals surface area contributed by atoms with Crippen LogP contribution in [0.25, 0.3) is 0 Å². The first-order valence-corrected chi connectivity index (χ1v) is 10.4. The quantitative estimate of drug-likeness (QED) is 0.521. The van der Waals surface area contributed by atoms with Crippen LogP contribution in [0.2, 0.25) is 5.02 Å². The molecule has 0 unspecified atom stereocenters. The van der Waals surface area contributed by atoms with Gasteiger partial charge in [0, 0.05) is 30.2 Å². The Morgan fingerprint density at radius 1 is 1.17 bits per heavy atom. The third kappa shape index (κ3) is 6.73. The van der Waals surface area contributed by atoms with Gasteiger partial charge in [-0.3, -0.25) is 20.0 Å². The monoisotopic (exact) mass is 430 g/mol. The van der Waals surface area contributed by atoms with Gasteiger partial charge in [0.05, 0.1) is 32.1 Å². The fraction of sp³-hybridized carbons (Fsp3) is 0.364. The van der Waals surface area contributed by atoms with Crippen molar-refractivity contribution in [1.29, 1.82) is 0 Å². The lowest BCUT2D eigenvalue weighted by molar-refractivity contribution is 0.0394. The van der Waals surface area contributed by atoms with Crippen LogP contribution in [0.5, 0.6) is 5.75 Å². The number of aliphatic imine (C=N–C) groups is 1. The molecule has 0 aromatic heterocycles. The number of morpholine rings is 1. The third-order valence-corrected chi connectivity index (χ3v) is 4.82. The first-order chi connectivity index (χ1) is 14.7. The number of nitrogens with one attached hydrogen (secondary N) is 2. The van der Waals surface area contributed by atoms with E-state index < -0.39 is 0 Å². The van der Waals surface area contributed by atoms with Crippen LogP contribution in [0.4, 0.5) is 5.69 Å². The van der Waals surface area contributed by atoms with Crippen LogP contribution in [-0.4, -0.2) is 62.8 Å². The Kier molecular flexibility index (Phi) is 8.50. The molecule has 1 aliphatic heterocycles. The van der Waals surface area contributed by atoms with Gasteiger partial charge in [0.25, 0.3) is 5.91 Å². The number of anilines is 1. The maximum Gasteiger partial charge on any atom is 0.257 e. The maximum absolute atomic E-state index is 12.7. The Hall–Kier alpha value is -2.61. The zero-order valence-electron chi connectivity index (χ0n) is 17.1. The number of carbonyl (C=O) groups excluding carboxylic acids is 1. The zero-order valence-corrected chi connectivity index (χ0v) is 17.8. The fourth-order valence-corrected chi connectivity index (χ4v) is 3.12. The molecule has 0 aliphatic carbocycles. The summed E-state index contributed by atoms with van der Waals surface area (Å²) in [7, 11) is 0. The minimum atomic E-state index is -0.266. The topological polar surface area (TPSA) is 75.2 Å². The minimum absolute atomic E-state index is 0.266. The highest BCUT2D eigenvalue weighted by Gasteiger charge is 2.13. The third-order valence-electron chi connectivity index (χ3n) is 4.57. The molecular weight excluding hydrogens is 404 g/mol. The highest BCUT2D eigenvalue weighted by molar-refractivity contribution is 6.30. The molecule has 3 rings (SSSR count). The second kappa shape index (κ2) is 11.5. The Balaban J connectivity index is 1.72. The molecule has 1 amide bonds. The van der Waals surface area contributed by atoms with Crippen molar-refractivity contribution in [3.8, 4) is 5.75 Å². The van der Waals surface area contributed by atoms with E-state index >= 15 is 0 Å². The summed E-state index contributed by atoms with van der Waals surface area (Å²) in [5.41, 5.74) is 1.24. The molecule has 0 atom stereocenters. The number of hydrogen-bond donors (Lipinski definition) is 2. The Bertz CT molecular complexity index is 852. The van der Waals surface area contributed by atoms with Crippen LogP contribution in [0.1, 0.15) is 17.3 Å². The van der Waals surface area contributed by atoms with E-state index in [-0.39, 0.29) is 5.91 Å².